The Labute approximate surface area is 154 Å². The summed E-state index contributed by atoms with van der Waals surface area (Å²) in [5, 5.41) is 2.39. The zero-order valence-corrected chi connectivity index (χ0v) is 15.8. The Morgan fingerprint density at radius 2 is 1.96 bits per heavy atom. The summed E-state index contributed by atoms with van der Waals surface area (Å²) in [4.78, 5) is 26.1. The number of nitrogens with one attached hydrogen (secondary N) is 1. The molecule has 0 atom stereocenters. The molecule has 2 heterocycles. The molecule has 0 spiro atoms. The molecule has 2 amide bonds. The van der Waals surface area contributed by atoms with Crippen molar-refractivity contribution >= 4 is 43.1 Å². The quantitative estimate of drug-likeness (QED) is 0.851. The van der Waals surface area contributed by atoms with Gasteiger partial charge in [-0.1, -0.05) is 0 Å². The van der Waals surface area contributed by atoms with Gasteiger partial charge in [0.25, 0.3) is 5.91 Å². The van der Waals surface area contributed by atoms with Gasteiger partial charge >= 0.3 is 0 Å². The zero-order chi connectivity index (χ0) is 18.9. The van der Waals surface area contributed by atoms with Gasteiger partial charge < -0.3 is 10.2 Å². The molecule has 2 aromatic rings. The first-order chi connectivity index (χ1) is 12.3. The molecule has 0 aliphatic carbocycles. The molecular weight excluding hydrogens is 379 g/mol. The molecule has 1 aromatic heterocycles. The van der Waals surface area contributed by atoms with Gasteiger partial charge in [-0.05, 0) is 42.5 Å². The first-order valence-corrected chi connectivity index (χ1v) is 10.7. The van der Waals surface area contributed by atoms with Gasteiger partial charge in [0.15, 0.2) is 9.84 Å². The van der Waals surface area contributed by atoms with Crippen LogP contribution in [0.5, 0.6) is 0 Å². The number of carbonyl (C=O) groups excluding carboxylic acids is 2. The summed E-state index contributed by atoms with van der Waals surface area (Å²) in [6, 6.07) is 6.06. The number of benzene rings is 1. The number of sulfone groups is 1. The number of piperidine rings is 1. The Balaban J connectivity index is 1.67. The number of nitrogens with zero attached hydrogens (tertiary/aromatic N) is 1. The van der Waals surface area contributed by atoms with E-state index >= 15 is 0 Å². The van der Waals surface area contributed by atoms with Gasteiger partial charge in [0.05, 0.1) is 10.1 Å². The SMILES string of the molecule is CNC(=O)CS(=O)(=O)C1CCN(C(=O)c2cc3cc(F)ccc3s2)CC1. The minimum absolute atomic E-state index is 0.172. The average molecular weight is 398 g/mol. The van der Waals surface area contributed by atoms with Crippen LogP contribution in [0.2, 0.25) is 0 Å². The fourth-order valence-electron chi connectivity index (χ4n) is 3.07. The number of amides is 2. The van der Waals surface area contributed by atoms with Crippen LogP contribution in [0, 0.1) is 5.82 Å². The normalized spacial score (nSPS) is 16.0. The summed E-state index contributed by atoms with van der Waals surface area (Å²) in [6.45, 7) is 0.637. The van der Waals surface area contributed by atoms with E-state index in [2.05, 4.69) is 5.32 Å². The maximum Gasteiger partial charge on any atom is 0.263 e. The molecule has 0 unspecified atom stereocenters. The van der Waals surface area contributed by atoms with Crippen molar-refractivity contribution in [1.29, 1.82) is 0 Å². The van der Waals surface area contributed by atoms with Crippen LogP contribution in [-0.4, -0.2) is 56.3 Å². The largest absolute Gasteiger partial charge is 0.358 e. The Morgan fingerprint density at radius 3 is 2.62 bits per heavy atom. The molecule has 1 fully saturated rings. The molecule has 9 heteroatoms. The molecule has 6 nitrogen and oxygen atoms in total. The van der Waals surface area contributed by atoms with Crippen LogP contribution in [-0.2, 0) is 14.6 Å². The summed E-state index contributed by atoms with van der Waals surface area (Å²) in [6.07, 6.45) is 0.620. The maximum absolute atomic E-state index is 13.3. The van der Waals surface area contributed by atoms with E-state index in [9.17, 15) is 22.4 Å². The molecule has 1 aromatic carbocycles. The Bertz CT molecular complexity index is 947. The second-order valence-electron chi connectivity index (χ2n) is 6.26. The number of halogens is 1. The van der Waals surface area contributed by atoms with Crippen molar-refractivity contribution in [1.82, 2.24) is 10.2 Å². The van der Waals surface area contributed by atoms with E-state index in [4.69, 9.17) is 0 Å². The lowest BCUT2D eigenvalue weighted by atomic mass is 10.1. The van der Waals surface area contributed by atoms with Gasteiger partial charge in [0.2, 0.25) is 5.91 Å². The average Bonchev–Trinajstić information content (AvgIpc) is 3.03. The van der Waals surface area contributed by atoms with Crippen LogP contribution < -0.4 is 5.32 Å². The molecule has 0 radical (unpaired) electrons. The summed E-state index contributed by atoms with van der Waals surface area (Å²) >= 11 is 1.30. The molecule has 3 rings (SSSR count). The van der Waals surface area contributed by atoms with E-state index in [1.807, 2.05) is 0 Å². The fourth-order valence-corrected chi connectivity index (χ4v) is 5.75. The van der Waals surface area contributed by atoms with Crippen LogP contribution in [0.15, 0.2) is 24.3 Å². The van der Waals surface area contributed by atoms with Crippen LogP contribution in [0.25, 0.3) is 10.1 Å². The van der Waals surface area contributed by atoms with E-state index in [1.165, 1.54) is 30.5 Å². The third-order valence-corrected chi connectivity index (χ3v) is 7.79. The number of fused-ring (bicyclic) bond motifs is 1. The van der Waals surface area contributed by atoms with Crippen molar-refractivity contribution in [3.05, 3.63) is 35.0 Å². The predicted octanol–water partition coefficient (Wildman–Crippen LogP) is 1.81. The van der Waals surface area contributed by atoms with Crippen molar-refractivity contribution in [3.63, 3.8) is 0 Å². The fraction of sp³-hybridized carbons (Fsp3) is 0.412. The lowest BCUT2D eigenvalue weighted by Crippen LogP contribution is -2.44. The van der Waals surface area contributed by atoms with E-state index in [-0.39, 0.29) is 11.7 Å². The molecule has 140 valence electrons. The van der Waals surface area contributed by atoms with Gasteiger partial charge in [-0.3, -0.25) is 9.59 Å². The minimum Gasteiger partial charge on any atom is -0.358 e. The van der Waals surface area contributed by atoms with Crippen LogP contribution >= 0.6 is 11.3 Å². The van der Waals surface area contributed by atoms with Gasteiger partial charge in [-0.25, -0.2) is 12.8 Å². The summed E-state index contributed by atoms with van der Waals surface area (Å²) in [5.74, 6) is -1.57. The van der Waals surface area contributed by atoms with Gasteiger partial charge in [0.1, 0.15) is 11.6 Å². The Hall–Kier alpha value is -2.00. The molecule has 0 saturated carbocycles. The number of likely N-dealkylation sites (tertiary alicyclic amines) is 1. The Kier molecular flexibility index (Phi) is 5.29. The topological polar surface area (TPSA) is 83.6 Å². The molecule has 0 bridgehead atoms. The number of thiophene rings is 1. The van der Waals surface area contributed by atoms with E-state index in [0.717, 1.165) is 4.70 Å². The first kappa shape index (κ1) is 18.8. The van der Waals surface area contributed by atoms with Crippen molar-refractivity contribution in [2.24, 2.45) is 0 Å². The first-order valence-electron chi connectivity index (χ1n) is 8.20. The lowest BCUT2D eigenvalue weighted by Gasteiger charge is -2.31. The van der Waals surface area contributed by atoms with Gasteiger partial charge in [0, 0.05) is 24.8 Å². The number of carbonyl (C=O) groups is 2. The summed E-state index contributed by atoms with van der Waals surface area (Å²) < 4.78 is 38.6. The van der Waals surface area contributed by atoms with Crippen LogP contribution in [0.1, 0.15) is 22.5 Å². The van der Waals surface area contributed by atoms with Crippen molar-refractivity contribution in [2.45, 2.75) is 18.1 Å². The maximum atomic E-state index is 13.3. The molecular formula is C17H19FN2O4S2. The van der Waals surface area contributed by atoms with Gasteiger partial charge in [-0.2, -0.15) is 0 Å². The highest BCUT2D eigenvalue weighted by molar-refractivity contribution is 7.92. The number of hydrogen-bond acceptors (Lipinski definition) is 5. The van der Waals surface area contributed by atoms with Gasteiger partial charge in [-0.15, -0.1) is 11.3 Å². The molecule has 1 aliphatic heterocycles. The van der Waals surface area contributed by atoms with E-state index in [0.29, 0.717) is 36.2 Å². The minimum atomic E-state index is -3.52. The molecule has 1 saturated heterocycles. The number of hydrogen-bond donors (Lipinski definition) is 1. The van der Waals surface area contributed by atoms with E-state index < -0.39 is 26.7 Å². The van der Waals surface area contributed by atoms with Crippen LogP contribution in [0.3, 0.4) is 0 Å². The van der Waals surface area contributed by atoms with E-state index in [1.54, 1.807) is 17.0 Å². The van der Waals surface area contributed by atoms with Crippen LogP contribution in [0.4, 0.5) is 4.39 Å². The molecule has 26 heavy (non-hydrogen) atoms. The standard InChI is InChI=1S/C17H19FN2O4S2/c1-19-16(21)10-26(23,24)13-4-6-20(7-5-13)17(22)15-9-11-8-12(18)2-3-14(11)25-15/h2-3,8-9,13H,4-7,10H2,1H3,(H,19,21). The second-order valence-corrected chi connectivity index (χ2v) is 9.63. The van der Waals surface area contributed by atoms with Crippen molar-refractivity contribution in [3.8, 4) is 0 Å². The third-order valence-electron chi connectivity index (χ3n) is 4.54. The second kappa shape index (κ2) is 7.32. The highest BCUT2D eigenvalue weighted by Crippen LogP contribution is 2.28. The van der Waals surface area contributed by atoms with Crippen molar-refractivity contribution < 1.29 is 22.4 Å². The smallest absolute Gasteiger partial charge is 0.263 e. The molecule has 1 aliphatic rings. The third kappa shape index (κ3) is 3.88. The Morgan fingerprint density at radius 1 is 1.27 bits per heavy atom. The predicted molar refractivity (Wildman–Crippen MR) is 98.6 cm³/mol. The summed E-state index contributed by atoms with van der Waals surface area (Å²) in [7, 11) is -2.12. The highest BCUT2D eigenvalue weighted by atomic mass is 32.2. The summed E-state index contributed by atoms with van der Waals surface area (Å²) in [5.41, 5.74) is 0. The highest BCUT2D eigenvalue weighted by Gasteiger charge is 2.33. The number of rotatable bonds is 4. The zero-order valence-electron chi connectivity index (χ0n) is 14.2. The monoisotopic (exact) mass is 398 g/mol. The lowest BCUT2D eigenvalue weighted by molar-refractivity contribution is -0.118. The van der Waals surface area contributed by atoms with Crippen molar-refractivity contribution in [2.75, 3.05) is 25.9 Å². The molecule has 1 N–H and O–H groups in total.